The van der Waals surface area contributed by atoms with E-state index in [4.69, 9.17) is 0 Å². The van der Waals surface area contributed by atoms with E-state index in [1.807, 2.05) is 41.8 Å². The Morgan fingerprint density at radius 2 is 1.97 bits per heavy atom. The minimum Gasteiger partial charge on any atom is -0.330 e. The first kappa shape index (κ1) is 20.4. The number of fused-ring (bicyclic) bond motifs is 1. The molecule has 3 aromatic rings. The van der Waals surface area contributed by atoms with Gasteiger partial charge in [-0.3, -0.25) is 9.10 Å². The van der Waals surface area contributed by atoms with E-state index in [-0.39, 0.29) is 10.8 Å². The fraction of sp³-hybridized carbons (Fsp3) is 0.174. The number of carbonyl (C=O) groups excluding carboxylic acids is 1. The smallest absolute Gasteiger partial charge is 0.264 e. The molecule has 1 aliphatic heterocycles. The van der Waals surface area contributed by atoms with Crippen molar-refractivity contribution in [1.29, 1.82) is 0 Å². The molecule has 2 aromatic carbocycles. The van der Waals surface area contributed by atoms with E-state index in [2.05, 4.69) is 6.58 Å². The van der Waals surface area contributed by atoms with E-state index in [1.54, 1.807) is 40.5 Å². The Morgan fingerprint density at radius 3 is 2.73 bits per heavy atom. The number of carbonyl (C=O) groups is 1. The minimum absolute atomic E-state index is 0.125. The van der Waals surface area contributed by atoms with Gasteiger partial charge in [0.05, 0.1) is 17.1 Å². The molecule has 0 radical (unpaired) electrons. The third-order valence-electron chi connectivity index (χ3n) is 5.08. The third kappa shape index (κ3) is 3.91. The molecule has 0 atom stereocenters. The lowest BCUT2D eigenvalue weighted by Gasteiger charge is -2.22. The highest BCUT2D eigenvalue weighted by Crippen LogP contribution is 2.32. The van der Waals surface area contributed by atoms with Gasteiger partial charge in [-0.2, -0.15) is 0 Å². The summed E-state index contributed by atoms with van der Waals surface area (Å²) in [7, 11) is -3.75. The van der Waals surface area contributed by atoms with E-state index >= 15 is 0 Å². The largest absolute Gasteiger partial charge is 0.330 e. The molecule has 0 bridgehead atoms. The van der Waals surface area contributed by atoms with Crippen molar-refractivity contribution in [1.82, 2.24) is 4.90 Å². The van der Waals surface area contributed by atoms with Crippen LogP contribution in [0, 0.1) is 0 Å². The monoisotopic (exact) mass is 438 g/mol. The lowest BCUT2D eigenvalue weighted by Crippen LogP contribution is -2.31. The fourth-order valence-electron chi connectivity index (χ4n) is 3.62. The van der Waals surface area contributed by atoms with Crippen LogP contribution >= 0.6 is 11.3 Å². The molecule has 0 unspecified atom stereocenters. The quantitative estimate of drug-likeness (QED) is 0.516. The number of sulfonamides is 1. The Labute approximate surface area is 180 Å². The Balaban J connectivity index is 1.63. The van der Waals surface area contributed by atoms with Crippen molar-refractivity contribution in [2.24, 2.45) is 0 Å². The predicted molar refractivity (Wildman–Crippen MR) is 120 cm³/mol. The molecule has 5 nitrogen and oxygen atoms in total. The number of thiophene rings is 1. The summed E-state index contributed by atoms with van der Waals surface area (Å²) in [6, 6.07) is 17.7. The van der Waals surface area contributed by atoms with E-state index in [0.29, 0.717) is 37.3 Å². The van der Waals surface area contributed by atoms with Crippen molar-refractivity contribution < 1.29 is 13.2 Å². The Morgan fingerprint density at radius 1 is 1.13 bits per heavy atom. The van der Waals surface area contributed by atoms with Gasteiger partial charge in [0.15, 0.2) is 0 Å². The zero-order chi connectivity index (χ0) is 21.1. The molecular weight excluding hydrogens is 416 g/mol. The zero-order valence-electron chi connectivity index (χ0n) is 16.4. The lowest BCUT2D eigenvalue weighted by molar-refractivity contribution is 0.0764. The second-order valence-corrected chi connectivity index (χ2v) is 9.93. The van der Waals surface area contributed by atoms with Crippen LogP contribution in [0.25, 0.3) is 0 Å². The molecule has 0 saturated carbocycles. The van der Waals surface area contributed by atoms with Crippen molar-refractivity contribution in [2.45, 2.75) is 17.9 Å². The van der Waals surface area contributed by atoms with E-state index in [9.17, 15) is 13.2 Å². The van der Waals surface area contributed by atoms with Crippen molar-refractivity contribution >= 4 is 33.0 Å². The van der Waals surface area contributed by atoms with Gasteiger partial charge in [0.1, 0.15) is 0 Å². The number of hydrogen-bond acceptors (Lipinski definition) is 4. The van der Waals surface area contributed by atoms with Gasteiger partial charge < -0.3 is 4.90 Å². The average Bonchev–Trinajstić information content (AvgIpc) is 3.43. The molecule has 1 amide bonds. The van der Waals surface area contributed by atoms with Crippen LogP contribution in [0.5, 0.6) is 0 Å². The van der Waals surface area contributed by atoms with Crippen LogP contribution in [0.3, 0.4) is 0 Å². The van der Waals surface area contributed by atoms with Gasteiger partial charge in [-0.05, 0) is 47.7 Å². The maximum atomic E-state index is 13.3. The minimum atomic E-state index is -3.75. The van der Waals surface area contributed by atoms with Gasteiger partial charge in [0, 0.05) is 23.5 Å². The van der Waals surface area contributed by atoms with Crippen LogP contribution in [0.2, 0.25) is 0 Å². The van der Waals surface area contributed by atoms with Gasteiger partial charge in [-0.1, -0.05) is 36.4 Å². The maximum absolute atomic E-state index is 13.3. The van der Waals surface area contributed by atoms with Crippen LogP contribution in [-0.4, -0.2) is 32.3 Å². The summed E-state index contributed by atoms with van der Waals surface area (Å²) < 4.78 is 28.1. The van der Waals surface area contributed by atoms with Gasteiger partial charge in [0.2, 0.25) is 0 Å². The van der Waals surface area contributed by atoms with Crippen LogP contribution in [0.1, 0.15) is 20.8 Å². The first-order chi connectivity index (χ1) is 14.5. The Bertz CT molecular complexity index is 1170. The second kappa shape index (κ2) is 8.45. The van der Waals surface area contributed by atoms with E-state index < -0.39 is 10.0 Å². The first-order valence-corrected chi connectivity index (χ1v) is 12.0. The van der Waals surface area contributed by atoms with E-state index in [0.717, 1.165) is 10.4 Å². The number of benzene rings is 2. The molecule has 4 rings (SSSR count). The van der Waals surface area contributed by atoms with Crippen molar-refractivity contribution in [3.63, 3.8) is 0 Å². The van der Waals surface area contributed by atoms with Crippen LogP contribution in [0.15, 0.2) is 83.6 Å². The fourth-order valence-corrected chi connectivity index (χ4v) is 5.89. The first-order valence-electron chi connectivity index (χ1n) is 9.64. The third-order valence-corrected chi connectivity index (χ3v) is 7.75. The number of anilines is 1. The maximum Gasteiger partial charge on any atom is 0.264 e. The van der Waals surface area contributed by atoms with Crippen LogP contribution < -0.4 is 4.31 Å². The molecule has 1 aromatic heterocycles. The summed E-state index contributed by atoms with van der Waals surface area (Å²) in [4.78, 5) is 16.0. The Hall–Kier alpha value is -2.90. The number of amides is 1. The highest BCUT2D eigenvalue weighted by molar-refractivity contribution is 7.92. The molecule has 1 aliphatic rings. The molecule has 0 aliphatic carbocycles. The number of rotatable bonds is 7. The van der Waals surface area contributed by atoms with Gasteiger partial charge in [-0.25, -0.2) is 8.42 Å². The topological polar surface area (TPSA) is 57.7 Å². The molecule has 2 heterocycles. The molecule has 0 N–H and O–H groups in total. The summed E-state index contributed by atoms with van der Waals surface area (Å²) in [5.41, 5.74) is 2.07. The normalized spacial score (nSPS) is 13.1. The van der Waals surface area contributed by atoms with Gasteiger partial charge in [0.25, 0.3) is 15.9 Å². The summed E-state index contributed by atoms with van der Waals surface area (Å²) in [6.45, 7) is 4.99. The second-order valence-electron chi connectivity index (χ2n) is 7.04. The van der Waals surface area contributed by atoms with Crippen molar-refractivity contribution in [3.05, 3.63) is 94.7 Å². The van der Waals surface area contributed by atoms with Gasteiger partial charge in [-0.15, -0.1) is 17.9 Å². The highest BCUT2D eigenvalue weighted by Gasteiger charge is 2.31. The molecule has 0 saturated heterocycles. The predicted octanol–water partition coefficient (Wildman–Crippen LogP) is 4.33. The summed E-state index contributed by atoms with van der Waals surface area (Å²) >= 11 is 1.58. The standard InChI is InChI=1S/C23H22N2O3S2/c1-2-13-24(17-20-9-6-15-29-20)23(26)19-8-5-10-21(16-19)30(27,28)25-14-12-18-7-3-4-11-22(18)25/h2-11,15-16H,1,12-14,17H2. The van der Waals surface area contributed by atoms with Crippen LogP contribution in [0.4, 0.5) is 5.69 Å². The molecule has 30 heavy (non-hydrogen) atoms. The SMILES string of the molecule is C=CCN(Cc1cccs1)C(=O)c1cccc(S(=O)(=O)N2CCc3ccccc32)c1. The van der Waals surface area contributed by atoms with Crippen molar-refractivity contribution in [3.8, 4) is 0 Å². The lowest BCUT2D eigenvalue weighted by atomic mass is 10.2. The summed E-state index contributed by atoms with van der Waals surface area (Å²) in [5, 5.41) is 1.97. The number of para-hydroxylation sites is 1. The van der Waals surface area contributed by atoms with Gasteiger partial charge >= 0.3 is 0 Å². The highest BCUT2D eigenvalue weighted by atomic mass is 32.2. The molecule has 7 heteroatoms. The summed E-state index contributed by atoms with van der Waals surface area (Å²) in [5.74, 6) is -0.220. The van der Waals surface area contributed by atoms with E-state index in [1.165, 1.54) is 10.4 Å². The number of hydrogen-bond donors (Lipinski definition) is 0. The summed E-state index contributed by atoms with van der Waals surface area (Å²) in [6.07, 6.45) is 2.36. The molecule has 0 fully saturated rings. The molecule has 154 valence electrons. The Kier molecular flexibility index (Phi) is 5.74. The number of nitrogens with zero attached hydrogens (tertiary/aromatic N) is 2. The van der Waals surface area contributed by atoms with Crippen molar-refractivity contribution in [2.75, 3.05) is 17.4 Å². The molecule has 0 spiro atoms. The van der Waals surface area contributed by atoms with Crippen LogP contribution in [-0.2, 0) is 23.0 Å². The zero-order valence-corrected chi connectivity index (χ0v) is 18.0. The molecular formula is C23H22N2O3S2. The average molecular weight is 439 g/mol.